The number of carboxylic acids is 1. The number of carbonyl (C=O) groups is 2. The van der Waals surface area contributed by atoms with Crippen LogP contribution in [-0.2, 0) is 4.79 Å². The third kappa shape index (κ3) is 8.50. The average molecular weight is 510 g/mol. The maximum atomic E-state index is 12.2. The van der Waals surface area contributed by atoms with Gasteiger partial charge in [0.05, 0.1) is 18.9 Å². The van der Waals surface area contributed by atoms with Crippen molar-refractivity contribution in [3.05, 3.63) is 23.8 Å². The van der Waals surface area contributed by atoms with Crippen LogP contribution in [0.15, 0.2) is 33.7 Å². The molecule has 2 unspecified atom stereocenters. The number of rotatable bonds is 16. The Hall–Kier alpha value is -2.66. The van der Waals surface area contributed by atoms with E-state index in [4.69, 9.17) is 9.47 Å². The number of quaternary nitrogens is 1. The van der Waals surface area contributed by atoms with Gasteiger partial charge in [0.25, 0.3) is 0 Å². The highest BCUT2D eigenvalue weighted by atomic mass is 32.2. The number of amides is 1. The van der Waals surface area contributed by atoms with Gasteiger partial charge in [0.1, 0.15) is 23.8 Å². The SMILES string of the molecule is CCCCCCCCCCCCOc1ccc(OC)cc1C(SC1=NN=N[N+]1(C)C(=O)O)C(=O)O. The van der Waals surface area contributed by atoms with Gasteiger partial charge in [0, 0.05) is 10.8 Å². The second-order valence-corrected chi connectivity index (χ2v) is 9.65. The molecule has 1 aliphatic rings. The smallest absolute Gasteiger partial charge is 0.497 e. The fourth-order valence-corrected chi connectivity index (χ4v) is 4.65. The number of carboxylic acid groups (broad SMARTS) is 2. The number of amidine groups is 1. The van der Waals surface area contributed by atoms with Gasteiger partial charge >= 0.3 is 17.2 Å². The van der Waals surface area contributed by atoms with Crippen LogP contribution in [0.3, 0.4) is 0 Å². The Kier molecular flexibility index (Phi) is 12.0. The van der Waals surface area contributed by atoms with Crippen molar-refractivity contribution in [2.24, 2.45) is 15.5 Å². The van der Waals surface area contributed by atoms with Gasteiger partial charge in [-0.1, -0.05) is 69.8 Å². The lowest BCUT2D eigenvalue weighted by atomic mass is 10.1. The zero-order valence-electron chi connectivity index (χ0n) is 20.8. The Labute approximate surface area is 211 Å². The standard InChI is InChI=1S/C24H36N4O6S/c1-4-5-6-7-8-9-10-11-12-13-16-34-20-15-14-18(33-3)17-19(20)21(22(29)30)35-23-25-26-27-28(23,2)24(31)32/h14-15,17,21H,4-13,16H2,1-3H3,(H-,29,30,31,32)/p+1. The molecule has 1 aromatic carbocycles. The molecular weight excluding hydrogens is 472 g/mol. The Balaban J connectivity index is 1.96. The number of aliphatic carboxylic acids is 1. The summed E-state index contributed by atoms with van der Waals surface area (Å²) in [5.41, 5.74) is 0.362. The van der Waals surface area contributed by atoms with Crippen LogP contribution in [0.25, 0.3) is 0 Å². The Bertz CT molecular complexity index is 910. The topological polar surface area (TPSA) is 130 Å². The van der Waals surface area contributed by atoms with E-state index in [1.54, 1.807) is 18.2 Å². The van der Waals surface area contributed by atoms with E-state index in [-0.39, 0.29) is 5.17 Å². The second-order valence-electron chi connectivity index (χ2n) is 8.57. The molecule has 35 heavy (non-hydrogen) atoms. The molecule has 0 aromatic heterocycles. The number of unbranched alkanes of at least 4 members (excludes halogenated alkanes) is 9. The van der Waals surface area contributed by atoms with Crippen molar-refractivity contribution < 1.29 is 33.9 Å². The van der Waals surface area contributed by atoms with Gasteiger partial charge < -0.3 is 19.7 Å². The molecule has 11 heteroatoms. The molecule has 2 N–H and O–H groups in total. The van der Waals surface area contributed by atoms with Crippen LogP contribution < -0.4 is 9.47 Å². The number of hydrogen-bond donors (Lipinski definition) is 2. The normalized spacial score (nSPS) is 17.7. The van der Waals surface area contributed by atoms with Crippen LogP contribution in [0.1, 0.15) is 81.9 Å². The maximum absolute atomic E-state index is 12.2. The van der Waals surface area contributed by atoms with Gasteiger partial charge in [0.2, 0.25) is 0 Å². The van der Waals surface area contributed by atoms with Crippen molar-refractivity contribution in [2.45, 2.75) is 76.4 Å². The molecule has 0 saturated carbocycles. The summed E-state index contributed by atoms with van der Waals surface area (Å²) in [6, 6.07) is 4.97. The van der Waals surface area contributed by atoms with E-state index in [2.05, 4.69) is 22.5 Å². The van der Waals surface area contributed by atoms with Crippen LogP contribution in [0, 0.1) is 0 Å². The molecular formula is C24H37N4O6S+. The zero-order valence-corrected chi connectivity index (χ0v) is 21.6. The van der Waals surface area contributed by atoms with E-state index in [1.807, 2.05) is 0 Å². The van der Waals surface area contributed by atoms with Gasteiger partial charge in [-0.15, -0.1) is 0 Å². The summed E-state index contributed by atoms with van der Waals surface area (Å²) in [5, 5.41) is 29.0. The lowest BCUT2D eigenvalue weighted by Crippen LogP contribution is -2.45. The van der Waals surface area contributed by atoms with Crippen LogP contribution in [-0.4, -0.2) is 52.8 Å². The highest BCUT2D eigenvalue weighted by Crippen LogP contribution is 2.41. The van der Waals surface area contributed by atoms with E-state index in [1.165, 1.54) is 59.1 Å². The minimum atomic E-state index is -1.32. The van der Waals surface area contributed by atoms with Crippen LogP contribution in [0.4, 0.5) is 4.79 Å². The molecule has 2 rings (SSSR count). The Morgan fingerprint density at radius 2 is 1.66 bits per heavy atom. The highest BCUT2D eigenvalue weighted by Gasteiger charge is 2.47. The van der Waals surface area contributed by atoms with Gasteiger partial charge in [-0.05, 0) is 41.0 Å². The predicted octanol–water partition coefficient (Wildman–Crippen LogP) is 6.63. The van der Waals surface area contributed by atoms with Gasteiger partial charge in [0.15, 0.2) is 0 Å². The van der Waals surface area contributed by atoms with Gasteiger partial charge in [-0.25, -0.2) is 0 Å². The van der Waals surface area contributed by atoms with E-state index in [0.717, 1.165) is 31.0 Å². The van der Waals surface area contributed by atoms with Crippen molar-refractivity contribution in [3.63, 3.8) is 0 Å². The van der Waals surface area contributed by atoms with Crippen molar-refractivity contribution in [3.8, 4) is 11.5 Å². The molecule has 0 spiro atoms. The summed E-state index contributed by atoms with van der Waals surface area (Å²) in [4.78, 5) is 23.8. The lowest BCUT2D eigenvalue weighted by molar-refractivity contribution is -0.748. The first-order valence-corrected chi connectivity index (χ1v) is 13.0. The summed E-state index contributed by atoms with van der Waals surface area (Å²) < 4.78 is 10.3. The van der Waals surface area contributed by atoms with Crippen LogP contribution in [0.5, 0.6) is 11.5 Å². The summed E-state index contributed by atoms with van der Waals surface area (Å²) in [6.45, 7) is 2.68. The number of benzene rings is 1. The number of methoxy groups -OCH3 is 1. The van der Waals surface area contributed by atoms with Gasteiger partial charge in [-0.2, -0.15) is 4.79 Å². The van der Waals surface area contributed by atoms with E-state index in [9.17, 15) is 19.8 Å². The first kappa shape index (κ1) is 28.6. The third-order valence-corrected chi connectivity index (χ3v) is 7.14. The van der Waals surface area contributed by atoms with E-state index in [0.29, 0.717) is 23.7 Å². The molecule has 0 radical (unpaired) electrons. The summed E-state index contributed by atoms with van der Waals surface area (Å²) in [5.74, 6) is -0.284. The van der Waals surface area contributed by atoms with E-state index < -0.39 is 21.9 Å². The lowest BCUT2D eigenvalue weighted by Gasteiger charge is -2.20. The van der Waals surface area contributed by atoms with E-state index >= 15 is 0 Å². The van der Waals surface area contributed by atoms with Crippen LogP contribution >= 0.6 is 11.8 Å². The van der Waals surface area contributed by atoms with Crippen molar-refractivity contribution >= 4 is 29.0 Å². The summed E-state index contributed by atoms with van der Waals surface area (Å²) in [6.07, 6.45) is 10.8. The molecule has 1 aliphatic heterocycles. The molecule has 0 saturated heterocycles. The predicted molar refractivity (Wildman–Crippen MR) is 135 cm³/mol. The highest BCUT2D eigenvalue weighted by molar-refractivity contribution is 8.14. The largest absolute Gasteiger partial charge is 0.549 e. The minimum Gasteiger partial charge on any atom is -0.497 e. The molecule has 10 nitrogen and oxygen atoms in total. The molecule has 2 atom stereocenters. The average Bonchev–Trinajstić information content (AvgIpc) is 3.22. The van der Waals surface area contributed by atoms with Crippen molar-refractivity contribution in [1.82, 2.24) is 0 Å². The third-order valence-electron chi connectivity index (χ3n) is 5.80. The Morgan fingerprint density at radius 3 is 2.23 bits per heavy atom. The Morgan fingerprint density at radius 1 is 1.03 bits per heavy atom. The minimum absolute atomic E-state index is 0.0617. The summed E-state index contributed by atoms with van der Waals surface area (Å²) >= 11 is 0.761. The van der Waals surface area contributed by atoms with Crippen molar-refractivity contribution in [1.29, 1.82) is 0 Å². The first-order valence-electron chi connectivity index (χ1n) is 12.1. The van der Waals surface area contributed by atoms with Crippen LogP contribution in [0.2, 0.25) is 0 Å². The molecule has 0 aliphatic carbocycles. The molecule has 0 bridgehead atoms. The molecule has 0 fully saturated rings. The quantitative estimate of drug-likeness (QED) is 0.189. The zero-order chi connectivity index (χ0) is 25.7. The molecule has 194 valence electrons. The molecule has 1 heterocycles. The number of hydrogen-bond acceptors (Lipinski definition) is 8. The molecule has 1 amide bonds. The fraction of sp³-hybridized carbons (Fsp3) is 0.625. The summed E-state index contributed by atoms with van der Waals surface area (Å²) in [7, 11) is 2.77. The molecule has 1 aromatic rings. The number of nitrogens with zero attached hydrogens (tertiary/aromatic N) is 4. The van der Waals surface area contributed by atoms with Gasteiger partial charge in [-0.3, -0.25) is 4.79 Å². The first-order chi connectivity index (χ1) is 16.8. The maximum Gasteiger partial charge on any atom is 0.549 e. The van der Waals surface area contributed by atoms with Crippen molar-refractivity contribution in [2.75, 3.05) is 20.8 Å². The fourth-order valence-electron chi connectivity index (χ4n) is 3.62. The second kappa shape index (κ2) is 14.7. The number of thioether (sulfide) groups is 1. The monoisotopic (exact) mass is 509 g/mol. The number of ether oxygens (including phenoxy) is 2.